The number of anilines is 1. The van der Waals surface area contributed by atoms with Crippen LogP contribution in [0.5, 0.6) is 0 Å². The average molecular weight is 339 g/mol. The second kappa shape index (κ2) is 6.50. The van der Waals surface area contributed by atoms with Crippen LogP contribution in [0.1, 0.15) is 36.2 Å². The Kier molecular flexibility index (Phi) is 4.19. The van der Waals surface area contributed by atoms with Gasteiger partial charge in [0.2, 0.25) is 5.95 Å². The van der Waals surface area contributed by atoms with Crippen molar-refractivity contribution in [2.75, 3.05) is 31.1 Å². The molecule has 0 atom stereocenters. The monoisotopic (exact) mass is 339 g/mol. The third-order valence-electron chi connectivity index (χ3n) is 5.77. The van der Waals surface area contributed by atoms with Crippen LogP contribution in [0.2, 0.25) is 0 Å². The summed E-state index contributed by atoms with van der Waals surface area (Å²) in [5.74, 6) is 0.991. The summed E-state index contributed by atoms with van der Waals surface area (Å²) in [6, 6.07) is 5.70. The summed E-state index contributed by atoms with van der Waals surface area (Å²) in [4.78, 5) is 25.9. The van der Waals surface area contributed by atoms with Gasteiger partial charge in [-0.05, 0) is 49.3 Å². The molecule has 0 N–H and O–H groups in total. The number of aromatic nitrogens is 3. The smallest absolute Gasteiger partial charge is 0.270 e. The topological polar surface area (TPSA) is 54.3 Å². The Hall–Kier alpha value is -2.37. The number of piperidine rings is 2. The lowest BCUT2D eigenvalue weighted by Crippen LogP contribution is -2.51. The van der Waals surface area contributed by atoms with Crippen LogP contribution in [0.25, 0.3) is 0 Å². The van der Waals surface area contributed by atoms with Crippen molar-refractivity contribution in [2.24, 2.45) is 12.5 Å². The first-order chi connectivity index (χ1) is 12.2. The average Bonchev–Trinajstić information content (AvgIpc) is 3.08. The van der Waals surface area contributed by atoms with E-state index in [2.05, 4.69) is 19.8 Å². The summed E-state index contributed by atoms with van der Waals surface area (Å²) < 4.78 is 1.92. The number of hydrogen-bond acceptors (Lipinski definition) is 4. The summed E-state index contributed by atoms with van der Waals surface area (Å²) in [6.45, 7) is 3.68. The molecule has 132 valence electrons. The molecule has 2 aromatic heterocycles. The molecule has 0 saturated carbocycles. The maximum absolute atomic E-state index is 12.9. The number of amides is 1. The van der Waals surface area contributed by atoms with Crippen LogP contribution in [0, 0.1) is 5.41 Å². The minimum atomic E-state index is 0.167. The summed E-state index contributed by atoms with van der Waals surface area (Å²) in [7, 11) is 1.94. The van der Waals surface area contributed by atoms with E-state index in [4.69, 9.17) is 0 Å². The maximum atomic E-state index is 12.9. The van der Waals surface area contributed by atoms with Gasteiger partial charge < -0.3 is 14.4 Å². The fraction of sp³-hybridized carbons (Fsp3) is 0.526. The number of aryl methyl sites for hydroxylation is 1. The van der Waals surface area contributed by atoms with Gasteiger partial charge in [0.15, 0.2) is 0 Å². The Morgan fingerprint density at radius 3 is 2.52 bits per heavy atom. The normalized spacial score (nSPS) is 20.0. The molecule has 0 radical (unpaired) electrons. The molecule has 6 heteroatoms. The molecule has 2 saturated heterocycles. The minimum absolute atomic E-state index is 0.167. The highest BCUT2D eigenvalue weighted by molar-refractivity contribution is 5.92. The first-order valence-electron chi connectivity index (χ1n) is 9.10. The summed E-state index contributed by atoms with van der Waals surface area (Å²) in [5.41, 5.74) is 1.04. The van der Waals surface area contributed by atoms with Crippen LogP contribution in [-0.4, -0.2) is 51.5 Å². The number of carbonyl (C=O) groups excluding carboxylic acids is 1. The van der Waals surface area contributed by atoms with E-state index in [-0.39, 0.29) is 11.3 Å². The molecule has 0 aromatic carbocycles. The first kappa shape index (κ1) is 16.1. The van der Waals surface area contributed by atoms with Crippen LogP contribution in [-0.2, 0) is 7.05 Å². The standard InChI is InChI=1S/C19H25N5O/c1-22-11-2-5-16(22)17(25)24-12-3-6-19(15-24)7-13-23(14-8-19)18-20-9-4-10-21-18/h2,4-5,9-11H,3,6-8,12-15H2,1H3. The zero-order valence-electron chi connectivity index (χ0n) is 14.8. The van der Waals surface area contributed by atoms with E-state index in [0.717, 1.165) is 57.1 Å². The Morgan fingerprint density at radius 2 is 1.84 bits per heavy atom. The molecule has 2 fully saturated rings. The lowest BCUT2D eigenvalue weighted by Gasteiger charge is -2.47. The minimum Gasteiger partial charge on any atom is -0.347 e. The molecular formula is C19H25N5O. The van der Waals surface area contributed by atoms with E-state index in [0.29, 0.717) is 0 Å². The van der Waals surface area contributed by atoms with Crippen molar-refractivity contribution in [1.29, 1.82) is 0 Å². The molecule has 2 aliphatic heterocycles. The molecular weight excluding hydrogens is 314 g/mol. The number of nitrogens with zero attached hydrogens (tertiary/aromatic N) is 5. The van der Waals surface area contributed by atoms with Gasteiger partial charge >= 0.3 is 0 Å². The van der Waals surface area contributed by atoms with Crippen molar-refractivity contribution in [1.82, 2.24) is 19.4 Å². The number of carbonyl (C=O) groups is 1. The van der Waals surface area contributed by atoms with Crippen molar-refractivity contribution in [2.45, 2.75) is 25.7 Å². The van der Waals surface area contributed by atoms with E-state index in [1.54, 1.807) is 12.4 Å². The van der Waals surface area contributed by atoms with Gasteiger partial charge in [0, 0.05) is 51.8 Å². The fourth-order valence-electron chi connectivity index (χ4n) is 4.27. The summed E-state index contributed by atoms with van der Waals surface area (Å²) in [6.07, 6.45) is 10.0. The molecule has 1 amide bonds. The highest BCUT2D eigenvalue weighted by Crippen LogP contribution is 2.40. The molecule has 1 spiro atoms. The SMILES string of the molecule is Cn1cccc1C(=O)N1CCCC2(CCN(c3ncccn3)CC2)C1. The van der Waals surface area contributed by atoms with Gasteiger partial charge in [0.25, 0.3) is 5.91 Å². The van der Waals surface area contributed by atoms with Gasteiger partial charge in [-0.2, -0.15) is 0 Å². The van der Waals surface area contributed by atoms with E-state index in [1.165, 1.54) is 6.42 Å². The fourth-order valence-corrected chi connectivity index (χ4v) is 4.27. The lowest BCUT2D eigenvalue weighted by molar-refractivity contribution is 0.0425. The van der Waals surface area contributed by atoms with Crippen LogP contribution in [0.15, 0.2) is 36.8 Å². The Morgan fingerprint density at radius 1 is 1.08 bits per heavy atom. The highest BCUT2D eigenvalue weighted by atomic mass is 16.2. The van der Waals surface area contributed by atoms with Gasteiger partial charge in [0.05, 0.1) is 0 Å². The van der Waals surface area contributed by atoms with E-state index in [1.807, 2.05) is 36.0 Å². The predicted molar refractivity (Wildman–Crippen MR) is 96.5 cm³/mol. The van der Waals surface area contributed by atoms with Crippen LogP contribution >= 0.6 is 0 Å². The molecule has 6 nitrogen and oxygen atoms in total. The van der Waals surface area contributed by atoms with Gasteiger partial charge in [-0.15, -0.1) is 0 Å². The van der Waals surface area contributed by atoms with Crippen molar-refractivity contribution in [3.63, 3.8) is 0 Å². The van der Waals surface area contributed by atoms with E-state index >= 15 is 0 Å². The molecule has 0 aliphatic carbocycles. The van der Waals surface area contributed by atoms with Gasteiger partial charge in [0.1, 0.15) is 5.69 Å². The molecule has 2 aliphatic rings. The zero-order chi connectivity index (χ0) is 17.3. The van der Waals surface area contributed by atoms with Crippen molar-refractivity contribution in [3.05, 3.63) is 42.5 Å². The largest absolute Gasteiger partial charge is 0.347 e. The molecule has 2 aromatic rings. The molecule has 4 rings (SSSR count). The van der Waals surface area contributed by atoms with Gasteiger partial charge in [-0.1, -0.05) is 0 Å². The van der Waals surface area contributed by atoms with Crippen LogP contribution in [0.4, 0.5) is 5.95 Å². The first-order valence-corrected chi connectivity index (χ1v) is 9.10. The second-order valence-electron chi connectivity index (χ2n) is 7.37. The van der Waals surface area contributed by atoms with Gasteiger partial charge in [-0.25, -0.2) is 9.97 Å². The van der Waals surface area contributed by atoms with E-state index < -0.39 is 0 Å². The Bertz CT molecular complexity index is 733. The second-order valence-corrected chi connectivity index (χ2v) is 7.37. The predicted octanol–water partition coefficient (Wildman–Crippen LogP) is 2.34. The number of likely N-dealkylation sites (tertiary alicyclic amines) is 1. The lowest BCUT2D eigenvalue weighted by atomic mass is 9.72. The zero-order valence-corrected chi connectivity index (χ0v) is 14.8. The quantitative estimate of drug-likeness (QED) is 0.843. The molecule has 25 heavy (non-hydrogen) atoms. The summed E-state index contributed by atoms with van der Waals surface area (Å²) in [5, 5.41) is 0. The van der Waals surface area contributed by atoms with Crippen LogP contribution < -0.4 is 4.90 Å². The maximum Gasteiger partial charge on any atom is 0.270 e. The molecule has 4 heterocycles. The number of hydrogen-bond donors (Lipinski definition) is 0. The van der Waals surface area contributed by atoms with Crippen LogP contribution in [0.3, 0.4) is 0 Å². The number of rotatable bonds is 2. The highest BCUT2D eigenvalue weighted by Gasteiger charge is 2.40. The molecule has 0 bridgehead atoms. The van der Waals surface area contributed by atoms with Gasteiger partial charge in [-0.3, -0.25) is 4.79 Å². The molecule has 0 unspecified atom stereocenters. The van der Waals surface area contributed by atoms with Crippen molar-refractivity contribution in [3.8, 4) is 0 Å². The van der Waals surface area contributed by atoms with Crippen molar-refractivity contribution < 1.29 is 4.79 Å². The third-order valence-corrected chi connectivity index (χ3v) is 5.77. The Labute approximate surface area is 148 Å². The summed E-state index contributed by atoms with van der Waals surface area (Å²) >= 11 is 0. The Balaban J connectivity index is 1.43. The van der Waals surface area contributed by atoms with E-state index in [9.17, 15) is 4.79 Å². The third kappa shape index (κ3) is 3.13. The van der Waals surface area contributed by atoms with Crippen molar-refractivity contribution >= 4 is 11.9 Å².